The summed E-state index contributed by atoms with van der Waals surface area (Å²) in [6.45, 7) is 0.637. The molecule has 0 radical (unpaired) electrons. The van der Waals surface area contributed by atoms with Crippen molar-refractivity contribution in [3.05, 3.63) is 59.7 Å². The van der Waals surface area contributed by atoms with Crippen molar-refractivity contribution in [1.29, 1.82) is 5.26 Å². The van der Waals surface area contributed by atoms with Gasteiger partial charge >= 0.3 is 0 Å². The molecule has 1 saturated heterocycles. The highest BCUT2D eigenvalue weighted by atomic mass is 16.8. The van der Waals surface area contributed by atoms with Crippen molar-refractivity contribution in [3.8, 4) is 17.2 Å². The number of rotatable bonds is 5. The Balaban J connectivity index is 1.18. The highest BCUT2D eigenvalue weighted by Crippen LogP contribution is 2.45. The van der Waals surface area contributed by atoms with Crippen molar-refractivity contribution in [3.63, 3.8) is 0 Å². The number of nitriles is 1. The molecule has 2 aromatic rings. The summed E-state index contributed by atoms with van der Waals surface area (Å²) >= 11 is 0. The molecule has 2 fully saturated rings. The normalized spacial score (nSPS) is 29.0. The lowest BCUT2D eigenvalue weighted by molar-refractivity contribution is 0.0462. The lowest BCUT2D eigenvalue weighted by atomic mass is 9.87. The first-order chi connectivity index (χ1) is 13.3. The molecule has 2 aliphatic carbocycles. The molecule has 0 amide bonds. The Morgan fingerprint density at radius 2 is 1.59 bits per heavy atom. The predicted octanol–water partition coefficient (Wildman–Crippen LogP) is 4.17. The zero-order valence-electron chi connectivity index (χ0n) is 15.3. The van der Waals surface area contributed by atoms with Crippen LogP contribution in [0.15, 0.2) is 48.5 Å². The highest BCUT2D eigenvalue weighted by Gasteiger charge is 2.43. The maximum absolute atomic E-state index is 9.01. The number of fused-ring (bicyclic) bond motifs is 3. The molecule has 138 valence electrons. The smallest absolute Gasteiger partial charge is 0.199 e. The van der Waals surface area contributed by atoms with Gasteiger partial charge in [0.1, 0.15) is 0 Å². The summed E-state index contributed by atoms with van der Waals surface area (Å²) in [6.07, 6.45) is 3.92. The number of nitrogens with zero attached hydrogens (tertiary/aromatic N) is 1. The van der Waals surface area contributed by atoms with E-state index in [2.05, 4.69) is 59.9 Å². The van der Waals surface area contributed by atoms with Crippen molar-refractivity contribution >= 4 is 0 Å². The Morgan fingerprint density at radius 1 is 0.963 bits per heavy atom. The van der Waals surface area contributed by atoms with E-state index in [1.54, 1.807) is 0 Å². The molecule has 1 N–H and O–H groups in total. The van der Waals surface area contributed by atoms with E-state index in [1.165, 1.54) is 22.3 Å². The molecule has 3 aliphatic rings. The summed E-state index contributed by atoms with van der Waals surface area (Å²) in [5.74, 6) is 0.506. The zero-order valence-corrected chi connectivity index (χ0v) is 15.3. The number of hydrogen-bond acceptors (Lipinski definition) is 4. The van der Waals surface area contributed by atoms with Crippen LogP contribution in [0.2, 0.25) is 0 Å². The molecule has 5 rings (SSSR count). The molecule has 0 spiro atoms. The summed E-state index contributed by atoms with van der Waals surface area (Å²) in [4.78, 5) is 0. The number of benzene rings is 2. The number of nitrogens with one attached hydrogen (secondary N) is 1. The van der Waals surface area contributed by atoms with E-state index in [-0.39, 0.29) is 24.4 Å². The summed E-state index contributed by atoms with van der Waals surface area (Å²) < 4.78 is 11.8. The van der Waals surface area contributed by atoms with Gasteiger partial charge in [0.15, 0.2) is 12.5 Å². The van der Waals surface area contributed by atoms with Crippen molar-refractivity contribution in [2.45, 2.75) is 50.2 Å². The minimum Gasteiger partial charge on any atom is -0.348 e. The molecule has 27 heavy (non-hydrogen) atoms. The first-order valence-corrected chi connectivity index (χ1v) is 9.94. The van der Waals surface area contributed by atoms with Crippen molar-refractivity contribution in [1.82, 2.24) is 5.32 Å². The highest BCUT2D eigenvalue weighted by molar-refractivity contribution is 5.78. The van der Waals surface area contributed by atoms with Crippen LogP contribution in [0.4, 0.5) is 0 Å². The molecule has 1 saturated carbocycles. The standard InChI is InChI=1S/C23H24N2O2/c24-13-15-9-11-16(12-10-15)25-22-23(27-22)26-14-21-19-7-3-1-5-17(19)18-6-2-4-8-20(18)21/h1-8,15-16,21-23,25H,9-12,14H2. The van der Waals surface area contributed by atoms with E-state index in [0.717, 1.165) is 25.7 Å². The van der Waals surface area contributed by atoms with Gasteiger partial charge in [-0.2, -0.15) is 5.26 Å². The first kappa shape index (κ1) is 16.9. The second-order valence-electron chi connectivity index (χ2n) is 7.83. The molecular weight excluding hydrogens is 336 g/mol. The summed E-state index contributed by atoms with van der Waals surface area (Å²) in [5.41, 5.74) is 5.34. The third-order valence-corrected chi connectivity index (χ3v) is 6.15. The fourth-order valence-electron chi connectivity index (χ4n) is 4.60. The lowest BCUT2D eigenvalue weighted by Crippen LogP contribution is -2.36. The maximum Gasteiger partial charge on any atom is 0.199 e. The van der Waals surface area contributed by atoms with Gasteiger partial charge in [0.25, 0.3) is 0 Å². The van der Waals surface area contributed by atoms with Crippen LogP contribution in [0.5, 0.6) is 0 Å². The SMILES string of the molecule is N#CC1CCC(NC2OC2OCC2c3ccccc3-c3ccccc32)CC1. The summed E-state index contributed by atoms with van der Waals surface area (Å²) in [6, 6.07) is 20.1. The van der Waals surface area contributed by atoms with Gasteiger partial charge < -0.3 is 9.47 Å². The second-order valence-corrected chi connectivity index (χ2v) is 7.83. The molecule has 4 heteroatoms. The largest absolute Gasteiger partial charge is 0.348 e. The number of epoxide rings is 1. The summed E-state index contributed by atoms with van der Waals surface area (Å²) in [7, 11) is 0. The van der Waals surface area contributed by atoms with Crippen LogP contribution in [0, 0.1) is 17.2 Å². The average molecular weight is 360 g/mol. The van der Waals surface area contributed by atoms with Crippen LogP contribution < -0.4 is 5.32 Å². The minimum absolute atomic E-state index is 0.000487. The van der Waals surface area contributed by atoms with Gasteiger partial charge in [-0.3, -0.25) is 5.32 Å². The van der Waals surface area contributed by atoms with Crippen molar-refractivity contribution in [2.24, 2.45) is 5.92 Å². The van der Waals surface area contributed by atoms with Gasteiger partial charge in [0, 0.05) is 17.9 Å². The first-order valence-electron chi connectivity index (χ1n) is 9.94. The van der Waals surface area contributed by atoms with E-state index >= 15 is 0 Å². The van der Waals surface area contributed by atoms with Gasteiger partial charge in [0.05, 0.1) is 12.7 Å². The molecule has 4 nitrogen and oxygen atoms in total. The Bertz CT molecular complexity index is 821. The van der Waals surface area contributed by atoms with E-state index in [0.29, 0.717) is 12.6 Å². The van der Waals surface area contributed by atoms with Gasteiger partial charge in [0.2, 0.25) is 0 Å². The van der Waals surface area contributed by atoms with Gasteiger partial charge in [-0.05, 0) is 47.9 Å². The van der Waals surface area contributed by atoms with Crippen LogP contribution in [-0.4, -0.2) is 25.2 Å². The van der Waals surface area contributed by atoms with Crippen molar-refractivity contribution in [2.75, 3.05) is 6.61 Å². The second kappa shape index (κ2) is 7.09. The van der Waals surface area contributed by atoms with Crippen LogP contribution >= 0.6 is 0 Å². The zero-order chi connectivity index (χ0) is 18.2. The van der Waals surface area contributed by atoms with Gasteiger partial charge in [-0.1, -0.05) is 48.5 Å². The molecule has 2 atom stereocenters. The minimum atomic E-state index is -0.154. The van der Waals surface area contributed by atoms with Gasteiger partial charge in [-0.25, -0.2) is 0 Å². The Hall–Kier alpha value is -2.19. The molecule has 2 aromatic carbocycles. The van der Waals surface area contributed by atoms with E-state index in [4.69, 9.17) is 14.7 Å². The molecule has 1 aliphatic heterocycles. The van der Waals surface area contributed by atoms with E-state index in [1.807, 2.05) is 0 Å². The Labute approximate surface area is 160 Å². The lowest BCUT2D eigenvalue weighted by Gasteiger charge is -2.25. The van der Waals surface area contributed by atoms with Crippen LogP contribution in [-0.2, 0) is 9.47 Å². The molecule has 1 heterocycles. The third-order valence-electron chi connectivity index (χ3n) is 6.15. The van der Waals surface area contributed by atoms with E-state index in [9.17, 15) is 0 Å². The topological polar surface area (TPSA) is 57.6 Å². The van der Waals surface area contributed by atoms with Gasteiger partial charge in [-0.15, -0.1) is 0 Å². The molecule has 0 bridgehead atoms. The fraction of sp³-hybridized carbons (Fsp3) is 0.435. The average Bonchev–Trinajstić information content (AvgIpc) is 3.39. The summed E-state index contributed by atoms with van der Waals surface area (Å²) in [5, 5.41) is 12.6. The van der Waals surface area contributed by atoms with Crippen LogP contribution in [0.1, 0.15) is 42.7 Å². The quantitative estimate of drug-likeness (QED) is 0.813. The predicted molar refractivity (Wildman–Crippen MR) is 103 cm³/mol. The third kappa shape index (κ3) is 3.27. The molecule has 2 unspecified atom stereocenters. The number of hydrogen-bond donors (Lipinski definition) is 1. The number of ether oxygens (including phenoxy) is 2. The monoisotopic (exact) mass is 360 g/mol. The molecular formula is C23H24N2O2. The Morgan fingerprint density at radius 3 is 2.22 bits per heavy atom. The van der Waals surface area contributed by atoms with Crippen LogP contribution in [0.3, 0.4) is 0 Å². The maximum atomic E-state index is 9.01. The fourth-order valence-corrected chi connectivity index (χ4v) is 4.60. The Kier molecular flexibility index (Phi) is 4.45. The molecule has 0 aromatic heterocycles. The van der Waals surface area contributed by atoms with Crippen molar-refractivity contribution < 1.29 is 9.47 Å². The van der Waals surface area contributed by atoms with E-state index < -0.39 is 0 Å². The van der Waals surface area contributed by atoms with Crippen LogP contribution in [0.25, 0.3) is 11.1 Å².